The van der Waals surface area contributed by atoms with E-state index in [-0.39, 0.29) is 16.0 Å². The van der Waals surface area contributed by atoms with Gasteiger partial charge in [-0.1, -0.05) is 26.8 Å². The zero-order valence-corrected chi connectivity index (χ0v) is 11.7. The predicted octanol–water partition coefficient (Wildman–Crippen LogP) is 2.73. The number of nitro groups is 1. The smallest absolute Gasteiger partial charge is 0.292 e. The van der Waals surface area contributed by atoms with E-state index in [4.69, 9.17) is 4.74 Å². The van der Waals surface area contributed by atoms with Crippen molar-refractivity contribution in [2.75, 3.05) is 31.2 Å². The van der Waals surface area contributed by atoms with E-state index in [0.717, 1.165) is 5.56 Å². The Kier molecular flexibility index (Phi) is 3.75. The molecule has 5 heteroatoms. The van der Waals surface area contributed by atoms with Crippen molar-refractivity contribution in [3.05, 3.63) is 33.9 Å². The van der Waals surface area contributed by atoms with Crippen LogP contribution in [0.15, 0.2) is 18.2 Å². The molecule has 19 heavy (non-hydrogen) atoms. The molecule has 1 aliphatic rings. The third-order valence-electron chi connectivity index (χ3n) is 3.39. The Morgan fingerprint density at radius 2 is 1.89 bits per heavy atom. The van der Waals surface area contributed by atoms with Gasteiger partial charge in [0.1, 0.15) is 5.69 Å². The van der Waals surface area contributed by atoms with Gasteiger partial charge in [0.15, 0.2) is 0 Å². The van der Waals surface area contributed by atoms with Gasteiger partial charge in [0, 0.05) is 19.2 Å². The molecule has 0 saturated carbocycles. The van der Waals surface area contributed by atoms with E-state index in [1.54, 1.807) is 6.07 Å². The summed E-state index contributed by atoms with van der Waals surface area (Å²) in [5.41, 5.74) is 1.78. The first-order valence-electron chi connectivity index (χ1n) is 6.51. The van der Waals surface area contributed by atoms with Crippen molar-refractivity contribution in [3.63, 3.8) is 0 Å². The second-order valence-corrected chi connectivity index (χ2v) is 5.81. The monoisotopic (exact) mass is 264 g/mol. The van der Waals surface area contributed by atoms with Gasteiger partial charge in [0.05, 0.1) is 18.1 Å². The number of hydrogen-bond acceptors (Lipinski definition) is 4. The lowest BCUT2D eigenvalue weighted by Crippen LogP contribution is -2.36. The number of rotatable bonds is 2. The fourth-order valence-electron chi connectivity index (χ4n) is 2.21. The van der Waals surface area contributed by atoms with Crippen LogP contribution in [0.1, 0.15) is 26.3 Å². The third-order valence-corrected chi connectivity index (χ3v) is 3.39. The molecule has 1 aromatic carbocycles. The van der Waals surface area contributed by atoms with Crippen molar-refractivity contribution in [1.29, 1.82) is 0 Å². The molecule has 0 bridgehead atoms. The van der Waals surface area contributed by atoms with Gasteiger partial charge < -0.3 is 9.64 Å². The summed E-state index contributed by atoms with van der Waals surface area (Å²) in [6.07, 6.45) is 0. The zero-order chi connectivity index (χ0) is 14.0. The molecule has 104 valence electrons. The van der Waals surface area contributed by atoms with E-state index in [1.807, 2.05) is 17.0 Å². The molecule has 1 heterocycles. The number of benzene rings is 1. The molecule has 0 spiro atoms. The van der Waals surface area contributed by atoms with E-state index in [0.29, 0.717) is 32.0 Å². The third kappa shape index (κ3) is 3.04. The highest BCUT2D eigenvalue weighted by Crippen LogP contribution is 2.33. The maximum absolute atomic E-state index is 11.3. The van der Waals surface area contributed by atoms with Crippen molar-refractivity contribution in [2.45, 2.75) is 26.2 Å². The second-order valence-electron chi connectivity index (χ2n) is 5.81. The predicted molar refractivity (Wildman–Crippen MR) is 74.8 cm³/mol. The molecule has 1 aromatic rings. The van der Waals surface area contributed by atoms with Crippen LogP contribution in [0, 0.1) is 10.1 Å². The molecule has 1 fully saturated rings. The van der Waals surface area contributed by atoms with Crippen LogP contribution in [-0.2, 0) is 10.2 Å². The van der Waals surface area contributed by atoms with E-state index in [2.05, 4.69) is 20.8 Å². The molecule has 2 rings (SSSR count). The summed E-state index contributed by atoms with van der Waals surface area (Å²) in [4.78, 5) is 13.0. The van der Waals surface area contributed by atoms with Crippen LogP contribution in [-0.4, -0.2) is 31.2 Å². The van der Waals surface area contributed by atoms with Crippen molar-refractivity contribution in [3.8, 4) is 0 Å². The lowest BCUT2D eigenvalue weighted by atomic mass is 9.86. The summed E-state index contributed by atoms with van der Waals surface area (Å²) in [6.45, 7) is 8.82. The molecule has 0 atom stereocenters. The van der Waals surface area contributed by atoms with E-state index in [9.17, 15) is 10.1 Å². The topological polar surface area (TPSA) is 55.6 Å². The van der Waals surface area contributed by atoms with Crippen LogP contribution in [0.3, 0.4) is 0 Å². The number of hydrogen-bond donors (Lipinski definition) is 0. The molecule has 5 nitrogen and oxygen atoms in total. The quantitative estimate of drug-likeness (QED) is 0.609. The number of ether oxygens (including phenoxy) is 1. The van der Waals surface area contributed by atoms with Gasteiger partial charge >= 0.3 is 0 Å². The summed E-state index contributed by atoms with van der Waals surface area (Å²) in [5, 5.41) is 11.3. The average molecular weight is 264 g/mol. The number of nitro benzene ring substituents is 1. The Bertz CT molecular complexity index is 474. The molecular formula is C14H20N2O3. The van der Waals surface area contributed by atoms with Gasteiger partial charge in [-0.3, -0.25) is 10.1 Å². The molecule has 0 radical (unpaired) electrons. The molecule has 0 aromatic heterocycles. The Morgan fingerprint density at radius 1 is 1.26 bits per heavy atom. The molecular weight excluding hydrogens is 244 g/mol. The minimum atomic E-state index is -0.292. The molecule has 0 N–H and O–H groups in total. The molecule has 1 aliphatic heterocycles. The van der Waals surface area contributed by atoms with Crippen LogP contribution < -0.4 is 4.90 Å². The summed E-state index contributed by atoms with van der Waals surface area (Å²) >= 11 is 0. The Hall–Kier alpha value is -1.62. The first kappa shape index (κ1) is 13.8. The van der Waals surface area contributed by atoms with Crippen LogP contribution in [0.2, 0.25) is 0 Å². The normalized spacial score (nSPS) is 16.5. The molecule has 0 aliphatic carbocycles. The summed E-state index contributed by atoms with van der Waals surface area (Å²) in [6, 6.07) is 5.55. The number of nitrogens with zero attached hydrogens (tertiary/aromatic N) is 2. The first-order chi connectivity index (χ1) is 8.89. The van der Waals surface area contributed by atoms with Crippen LogP contribution >= 0.6 is 0 Å². The Morgan fingerprint density at radius 3 is 2.42 bits per heavy atom. The Labute approximate surface area is 113 Å². The summed E-state index contributed by atoms with van der Waals surface area (Å²) in [7, 11) is 0. The number of anilines is 1. The van der Waals surface area contributed by atoms with Crippen LogP contribution in [0.4, 0.5) is 11.4 Å². The minimum absolute atomic E-state index is 0.0890. The fourth-order valence-corrected chi connectivity index (χ4v) is 2.21. The van der Waals surface area contributed by atoms with Gasteiger partial charge in [0.25, 0.3) is 5.69 Å². The average Bonchev–Trinajstić information content (AvgIpc) is 2.38. The van der Waals surface area contributed by atoms with E-state index >= 15 is 0 Å². The minimum Gasteiger partial charge on any atom is -0.378 e. The van der Waals surface area contributed by atoms with E-state index in [1.165, 1.54) is 0 Å². The van der Waals surface area contributed by atoms with Gasteiger partial charge in [-0.25, -0.2) is 0 Å². The lowest BCUT2D eigenvalue weighted by molar-refractivity contribution is -0.384. The van der Waals surface area contributed by atoms with Crippen molar-refractivity contribution >= 4 is 11.4 Å². The lowest BCUT2D eigenvalue weighted by Gasteiger charge is -2.29. The van der Waals surface area contributed by atoms with Gasteiger partial charge in [-0.2, -0.15) is 0 Å². The van der Waals surface area contributed by atoms with Crippen molar-refractivity contribution < 1.29 is 9.66 Å². The van der Waals surface area contributed by atoms with Gasteiger partial charge in [-0.15, -0.1) is 0 Å². The number of morpholine rings is 1. The molecule has 0 unspecified atom stereocenters. The largest absolute Gasteiger partial charge is 0.378 e. The zero-order valence-electron chi connectivity index (χ0n) is 11.7. The summed E-state index contributed by atoms with van der Waals surface area (Å²) < 4.78 is 5.29. The highest BCUT2D eigenvalue weighted by molar-refractivity contribution is 5.65. The van der Waals surface area contributed by atoms with Crippen molar-refractivity contribution in [2.24, 2.45) is 0 Å². The highest BCUT2D eigenvalue weighted by Gasteiger charge is 2.24. The fraction of sp³-hybridized carbons (Fsp3) is 0.571. The maximum Gasteiger partial charge on any atom is 0.292 e. The van der Waals surface area contributed by atoms with Crippen LogP contribution in [0.5, 0.6) is 0 Å². The Balaban J connectivity index is 2.40. The molecule has 1 saturated heterocycles. The SMILES string of the molecule is CC(C)(C)c1ccc(N2CCOCC2)c([N+](=O)[O-])c1. The molecule has 0 amide bonds. The standard InChI is InChI=1S/C14H20N2O3/c1-14(2,3)11-4-5-12(13(10-11)16(17)18)15-6-8-19-9-7-15/h4-5,10H,6-9H2,1-3H3. The van der Waals surface area contributed by atoms with Gasteiger partial charge in [-0.05, 0) is 17.0 Å². The maximum atomic E-state index is 11.3. The first-order valence-corrected chi connectivity index (χ1v) is 6.51. The van der Waals surface area contributed by atoms with Crippen molar-refractivity contribution in [1.82, 2.24) is 0 Å². The van der Waals surface area contributed by atoms with E-state index < -0.39 is 0 Å². The van der Waals surface area contributed by atoms with Gasteiger partial charge in [0.2, 0.25) is 0 Å². The highest BCUT2D eigenvalue weighted by atomic mass is 16.6. The van der Waals surface area contributed by atoms with Crippen LogP contribution in [0.25, 0.3) is 0 Å². The summed E-state index contributed by atoms with van der Waals surface area (Å²) in [5.74, 6) is 0. The second kappa shape index (κ2) is 5.17.